The number of carbonyl (C=O) groups is 1. The van der Waals surface area contributed by atoms with Crippen LogP contribution in [0.15, 0.2) is 22.7 Å². The van der Waals surface area contributed by atoms with E-state index in [4.69, 9.17) is 5.73 Å². The van der Waals surface area contributed by atoms with Crippen molar-refractivity contribution < 1.29 is 4.79 Å². The summed E-state index contributed by atoms with van der Waals surface area (Å²) in [6, 6.07) is 5.34. The number of nitrogens with one attached hydrogen (secondary N) is 1. The molecule has 0 aliphatic rings. The number of nitrogens with two attached hydrogens (primary N) is 1. The molecule has 0 saturated carbocycles. The van der Waals surface area contributed by atoms with E-state index >= 15 is 0 Å². The third-order valence-electron chi connectivity index (χ3n) is 3.00. The van der Waals surface area contributed by atoms with E-state index in [1.807, 2.05) is 27.0 Å². The van der Waals surface area contributed by atoms with Crippen molar-refractivity contribution in [1.82, 2.24) is 9.78 Å². The van der Waals surface area contributed by atoms with Crippen LogP contribution in [-0.2, 0) is 7.05 Å². The number of amides is 1. The maximum Gasteiger partial charge on any atom is 0.259 e. The van der Waals surface area contributed by atoms with Crippen LogP contribution in [-0.4, -0.2) is 15.7 Å². The average Bonchev–Trinajstić information content (AvgIpc) is 2.57. The van der Waals surface area contributed by atoms with Crippen LogP contribution >= 0.6 is 15.9 Å². The van der Waals surface area contributed by atoms with Gasteiger partial charge in [0, 0.05) is 17.2 Å². The van der Waals surface area contributed by atoms with E-state index in [1.54, 1.807) is 16.8 Å². The summed E-state index contributed by atoms with van der Waals surface area (Å²) >= 11 is 3.33. The van der Waals surface area contributed by atoms with E-state index in [2.05, 4.69) is 26.3 Å². The smallest absolute Gasteiger partial charge is 0.259 e. The lowest BCUT2D eigenvalue weighted by Crippen LogP contribution is -2.15. The Morgan fingerprint density at radius 2 is 2.11 bits per heavy atom. The standard InChI is InChI=1S/C13H15BrN4O/c1-7-12(8(2)18(3)17-7)13(19)16-11-5-4-9(14)6-10(11)15/h4-6H,15H2,1-3H3,(H,16,19). The van der Waals surface area contributed by atoms with E-state index in [9.17, 15) is 4.79 Å². The van der Waals surface area contributed by atoms with Crippen LogP contribution in [0.3, 0.4) is 0 Å². The molecule has 0 aliphatic heterocycles. The number of carbonyl (C=O) groups excluding carboxylic acids is 1. The molecule has 2 rings (SSSR count). The van der Waals surface area contributed by atoms with E-state index in [0.29, 0.717) is 22.6 Å². The van der Waals surface area contributed by atoms with E-state index < -0.39 is 0 Å². The topological polar surface area (TPSA) is 72.9 Å². The number of hydrogen-bond donors (Lipinski definition) is 2. The van der Waals surface area contributed by atoms with Gasteiger partial charge in [-0.3, -0.25) is 9.48 Å². The average molecular weight is 323 g/mol. The first-order valence-electron chi connectivity index (χ1n) is 5.76. The van der Waals surface area contributed by atoms with Crippen molar-refractivity contribution in [2.75, 3.05) is 11.1 Å². The van der Waals surface area contributed by atoms with Crippen LogP contribution in [0.2, 0.25) is 0 Å². The fraction of sp³-hybridized carbons (Fsp3) is 0.231. The number of halogens is 1. The number of benzene rings is 1. The third kappa shape index (κ3) is 2.63. The molecule has 6 heteroatoms. The highest BCUT2D eigenvalue weighted by Crippen LogP contribution is 2.24. The minimum Gasteiger partial charge on any atom is -0.397 e. The Morgan fingerprint density at radius 1 is 1.42 bits per heavy atom. The number of aromatic nitrogens is 2. The Bertz CT molecular complexity index is 648. The fourth-order valence-corrected chi connectivity index (χ4v) is 2.31. The van der Waals surface area contributed by atoms with Gasteiger partial charge in [0.1, 0.15) is 0 Å². The molecule has 1 aromatic carbocycles. The molecule has 5 nitrogen and oxygen atoms in total. The summed E-state index contributed by atoms with van der Waals surface area (Å²) < 4.78 is 2.56. The van der Waals surface area contributed by atoms with Crippen LogP contribution in [0, 0.1) is 13.8 Å². The molecule has 0 atom stereocenters. The molecule has 0 spiro atoms. The van der Waals surface area contributed by atoms with Gasteiger partial charge in [-0.1, -0.05) is 15.9 Å². The lowest BCUT2D eigenvalue weighted by atomic mass is 10.1. The Labute approximate surface area is 119 Å². The molecule has 0 unspecified atom stereocenters. The fourth-order valence-electron chi connectivity index (χ4n) is 1.93. The van der Waals surface area contributed by atoms with Gasteiger partial charge in [-0.05, 0) is 32.0 Å². The summed E-state index contributed by atoms with van der Waals surface area (Å²) in [6.07, 6.45) is 0. The summed E-state index contributed by atoms with van der Waals surface area (Å²) in [6.45, 7) is 3.67. The van der Waals surface area contributed by atoms with Crippen LogP contribution in [0.25, 0.3) is 0 Å². The van der Waals surface area contributed by atoms with E-state index in [1.165, 1.54) is 0 Å². The van der Waals surface area contributed by atoms with Crippen molar-refractivity contribution in [3.05, 3.63) is 39.6 Å². The molecule has 0 aliphatic carbocycles. The van der Waals surface area contributed by atoms with Gasteiger partial charge in [-0.2, -0.15) is 5.10 Å². The molecule has 0 saturated heterocycles. The first kappa shape index (κ1) is 13.6. The van der Waals surface area contributed by atoms with Crippen molar-refractivity contribution in [2.24, 2.45) is 7.05 Å². The van der Waals surface area contributed by atoms with Gasteiger partial charge in [-0.15, -0.1) is 0 Å². The molecule has 100 valence electrons. The minimum atomic E-state index is -0.197. The minimum absolute atomic E-state index is 0.197. The second kappa shape index (κ2) is 5.05. The van der Waals surface area contributed by atoms with Crippen LogP contribution in [0.5, 0.6) is 0 Å². The van der Waals surface area contributed by atoms with Crippen LogP contribution < -0.4 is 11.1 Å². The molecular formula is C13H15BrN4O. The predicted octanol–water partition coefficient (Wildman–Crippen LogP) is 2.63. The number of aryl methyl sites for hydroxylation is 2. The predicted molar refractivity (Wildman–Crippen MR) is 79.2 cm³/mol. The molecule has 2 aromatic rings. The quantitative estimate of drug-likeness (QED) is 0.835. The molecule has 0 fully saturated rings. The van der Waals surface area contributed by atoms with Gasteiger partial charge in [-0.25, -0.2) is 0 Å². The van der Waals surface area contributed by atoms with Crippen molar-refractivity contribution in [2.45, 2.75) is 13.8 Å². The van der Waals surface area contributed by atoms with E-state index in [0.717, 1.165) is 10.2 Å². The zero-order valence-corrected chi connectivity index (χ0v) is 12.6. The van der Waals surface area contributed by atoms with Crippen molar-refractivity contribution in [1.29, 1.82) is 0 Å². The maximum absolute atomic E-state index is 12.3. The summed E-state index contributed by atoms with van der Waals surface area (Å²) in [5.41, 5.74) is 9.09. The van der Waals surface area contributed by atoms with Gasteiger partial charge in [0.25, 0.3) is 5.91 Å². The number of hydrogen-bond acceptors (Lipinski definition) is 3. The van der Waals surface area contributed by atoms with Gasteiger partial charge in [0.2, 0.25) is 0 Å². The zero-order chi connectivity index (χ0) is 14.2. The molecule has 1 amide bonds. The lowest BCUT2D eigenvalue weighted by molar-refractivity contribution is 0.102. The molecule has 3 N–H and O–H groups in total. The lowest BCUT2D eigenvalue weighted by Gasteiger charge is -2.08. The monoisotopic (exact) mass is 322 g/mol. The Kier molecular flexibility index (Phi) is 3.61. The highest BCUT2D eigenvalue weighted by molar-refractivity contribution is 9.10. The van der Waals surface area contributed by atoms with Crippen LogP contribution in [0.1, 0.15) is 21.7 Å². The number of rotatable bonds is 2. The molecule has 1 aromatic heterocycles. The first-order valence-corrected chi connectivity index (χ1v) is 6.56. The van der Waals surface area contributed by atoms with Gasteiger partial charge in [0.05, 0.1) is 22.6 Å². The van der Waals surface area contributed by atoms with Crippen molar-refractivity contribution in [3.63, 3.8) is 0 Å². The molecule has 0 bridgehead atoms. The second-order valence-electron chi connectivity index (χ2n) is 4.36. The Balaban J connectivity index is 2.31. The Hall–Kier alpha value is -1.82. The van der Waals surface area contributed by atoms with Gasteiger partial charge >= 0.3 is 0 Å². The maximum atomic E-state index is 12.3. The molecule has 1 heterocycles. The summed E-state index contributed by atoms with van der Waals surface area (Å²) in [4.78, 5) is 12.3. The van der Waals surface area contributed by atoms with Gasteiger partial charge < -0.3 is 11.1 Å². The normalized spacial score (nSPS) is 10.5. The van der Waals surface area contributed by atoms with Crippen molar-refractivity contribution >= 4 is 33.2 Å². The molecular weight excluding hydrogens is 308 g/mol. The molecule has 19 heavy (non-hydrogen) atoms. The van der Waals surface area contributed by atoms with E-state index in [-0.39, 0.29) is 5.91 Å². The molecule has 0 radical (unpaired) electrons. The first-order chi connectivity index (χ1) is 8.90. The van der Waals surface area contributed by atoms with Crippen molar-refractivity contribution in [3.8, 4) is 0 Å². The number of anilines is 2. The highest BCUT2D eigenvalue weighted by atomic mass is 79.9. The second-order valence-corrected chi connectivity index (χ2v) is 5.27. The SMILES string of the molecule is Cc1nn(C)c(C)c1C(=O)Nc1ccc(Br)cc1N. The van der Waals surface area contributed by atoms with Crippen LogP contribution in [0.4, 0.5) is 11.4 Å². The largest absolute Gasteiger partial charge is 0.397 e. The zero-order valence-electron chi connectivity index (χ0n) is 11.0. The third-order valence-corrected chi connectivity index (χ3v) is 3.49. The number of nitrogens with zero attached hydrogens (tertiary/aromatic N) is 2. The Morgan fingerprint density at radius 3 is 2.63 bits per heavy atom. The highest BCUT2D eigenvalue weighted by Gasteiger charge is 2.18. The summed E-state index contributed by atoms with van der Waals surface area (Å²) in [5.74, 6) is -0.197. The summed E-state index contributed by atoms with van der Waals surface area (Å²) in [5, 5.41) is 7.04. The van der Waals surface area contributed by atoms with Gasteiger partial charge in [0.15, 0.2) is 0 Å². The number of nitrogen functional groups attached to an aromatic ring is 1. The summed E-state index contributed by atoms with van der Waals surface area (Å²) in [7, 11) is 1.81.